The van der Waals surface area contributed by atoms with Crippen molar-refractivity contribution >= 4 is 23.2 Å². The molecular formula is C20H20Cl2FN3O. The van der Waals surface area contributed by atoms with Crippen molar-refractivity contribution in [2.45, 2.75) is 32.2 Å². The van der Waals surface area contributed by atoms with E-state index in [0.29, 0.717) is 27.7 Å². The minimum Gasteiger partial charge on any atom is -0.505 e. The van der Waals surface area contributed by atoms with Gasteiger partial charge in [0.15, 0.2) is 11.6 Å². The smallest absolute Gasteiger partial charge is 0.165 e. The van der Waals surface area contributed by atoms with E-state index in [9.17, 15) is 9.50 Å². The molecular weight excluding hydrogens is 388 g/mol. The molecule has 0 radical (unpaired) electrons. The van der Waals surface area contributed by atoms with E-state index >= 15 is 0 Å². The Labute approximate surface area is 167 Å². The van der Waals surface area contributed by atoms with Gasteiger partial charge in [-0.1, -0.05) is 42.6 Å². The highest BCUT2D eigenvalue weighted by Gasteiger charge is 2.17. The van der Waals surface area contributed by atoms with Crippen molar-refractivity contribution in [2.75, 3.05) is 0 Å². The summed E-state index contributed by atoms with van der Waals surface area (Å²) in [5, 5.41) is 15.0. The van der Waals surface area contributed by atoms with Crippen LogP contribution in [-0.4, -0.2) is 14.9 Å². The molecule has 7 heteroatoms. The molecule has 1 aromatic heterocycles. The molecule has 0 amide bonds. The summed E-state index contributed by atoms with van der Waals surface area (Å²) in [5.74, 6) is -1.04. The lowest BCUT2D eigenvalue weighted by Gasteiger charge is -2.10. The van der Waals surface area contributed by atoms with Gasteiger partial charge in [0.25, 0.3) is 0 Å². The molecule has 1 atom stereocenters. The zero-order valence-electron chi connectivity index (χ0n) is 14.8. The molecule has 2 aromatic carbocycles. The Morgan fingerprint density at radius 2 is 1.96 bits per heavy atom. The zero-order chi connectivity index (χ0) is 19.6. The van der Waals surface area contributed by atoms with Crippen LogP contribution in [-0.2, 0) is 6.42 Å². The highest BCUT2D eigenvalue weighted by Crippen LogP contribution is 2.28. The van der Waals surface area contributed by atoms with E-state index in [4.69, 9.17) is 28.9 Å². The maximum atomic E-state index is 13.7. The number of nitrogens with zero attached hydrogens (tertiary/aromatic N) is 2. The highest BCUT2D eigenvalue weighted by atomic mass is 35.5. The summed E-state index contributed by atoms with van der Waals surface area (Å²) in [6.45, 7) is 2.06. The fourth-order valence-electron chi connectivity index (χ4n) is 2.94. The molecule has 3 N–H and O–H groups in total. The lowest BCUT2D eigenvalue weighted by Crippen LogP contribution is -2.11. The summed E-state index contributed by atoms with van der Waals surface area (Å²) in [4.78, 5) is 0. The van der Waals surface area contributed by atoms with Crippen LogP contribution in [0.25, 0.3) is 5.69 Å². The summed E-state index contributed by atoms with van der Waals surface area (Å²) in [6, 6.07) is 11.2. The van der Waals surface area contributed by atoms with Gasteiger partial charge in [-0.3, -0.25) is 0 Å². The molecule has 3 rings (SSSR count). The molecule has 0 aliphatic heterocycles. The summed E-state index contributed by atoms with van der Waals surface area (Å²) >= 11 is 12.4. The maximum Gasteiger partial charge on any atom is 0.165 e. The lowest BCUT2D eigenvalue weighted by molar-refractivity contribution is 0.432. The van der Waals surface area contributed by atoms with Gasteiger partial charge in [0.2, 0.25) is 0 Å². The SMILES string of the molecule is CCCC(N)c1cc(Cc2ccc(O)c(F)c2)n(-c2ccc(Cl)cc2Cl)n1. The standard InChI is InChI=1S/C20H20Cl2FN3O/c1-2-3-17(24)18-11-14(8-12-4-7-20(27)16(23)9-12)26(25-18)19-6-5-13(21)10-15(19)22/h4-7,9-11,17,27H,2-3,8,24H2,1H3. The van der Waals surface area contributed by atoms with Crippen molar-refractivity contribution in [1.82, 2.24) is 9.78 Å². The molecule has 3 aromatic rings. The van der Waals surface area contributed by atoms with E-state index in [1.807, 2.05) is 6.07 Å². The molecule has 0 aliphatic rings. The first-order valence-electron chi connectivity index (χ1n) is 8.66. The first kappa shape index (κ1) is 19.7. The Morgan fingerprint density at radius 1 is 1.19 bits per heavy atom. The molecule has 0 fully saturated rings. The molecule has 1 heterocycles. The van der Waals surface area contributed by atoms with Crippen molar-refractivity contribution in [3.05, 3.63) is 75.3 Å². The maximum absolute atomic E-state index is 13.7. The quantitative estimate of drug-likeness (QED) is 0.573. The zero-order valence-corrected chi connectivity index (χ0v) is 16.3. The number of halogens is 3. The van der Waals surface area contributed by atoms with Gasteiger partial charge < -0.3 is 10.8 Å². The second kappa shape index (κ2) is 8.30. The number of hydrogen-bond acceptors (Lipinski definition) is 3. The van der Waals surface area contributed by atoms with Crippen LogP contribution in [0.15, 0.2) is 42.5 Å². The molecule has 0 saturated carbocycles. The number of benzene rings is 2. The van der Waals surface area contributed by atoms with Crippen LogP contribution in [0, 0.1) is 5.82 Å². The summed E-state index contributed by atoms with van der Waals surface area (Å²) in [6.07, 6.45) is 2.15. The Balaban J connectivity index is 2.05. The molecule has 0 bridgehead atoms. The van der Waals surface area contributed by atoms with E-state index in [0.717, 1.165) is 24.2 Å². The van der Waals surface area contributed by atoms with E-state index in [2.05, 4.69) is 12.0 Å². The highest BCUT2D eigenvalue weighted by molar-refractivity contribution is 6.35. The fraction of sp³-hybridized carbons (Fsp3) is 0.250. The molecule has 4 nitrogen and oxygen atoms in total. The number of rotatable bonds is 6. The van der Waals surface area contributed by atoms with Crippen molar-refractivity contribution in [3.63, 3.8) is 0 Å². The second-order valence-corrected chi connectivity index (χ2v) is 7.27. The van der Waals surface area contributed by atoms with Crippen LogP contribution in [0.1, 0.15) is 42.8 Å². The first-order valence-corrected chi connectivity index (χ1v) is 9.42. The Kier molecular flexibility index (Phi) is 6.05. The van der Waals surface area contributed by atoms with Gasteiger partial charge in [-0.2, -0.15) is 5.10 Å². The number of aromatic hydroxyl groups is 1. The molecule has 142 valence electrons. The lowest BCUT2D eigenvalue weighted by atomic mass is 10.1. The molecule has 27 heavy (non-hydrogen) atoms. The van der Waals surface area contributed by atoms with E-state index in [1.54, 1.807) is 28.9 Å². The Hall–Kier alpha value is -2.08. The Bertz CT molecular complexity index is 958. The van der Waals surface area contributed by atoms with Gasteiger partial charge in [-0.05, 0) is 48.4 Å². The van der Waals surface area contributed by atoms with Crippen LogP contribution in [0.2, 0.25) is 10.0 Å². The van der Waals surface area contributed by atoms with Crippen LogP contribution in [0.3, 0.4) is 0 Å². The third-order valence-electron chi connectivity index (χ3n) is 4.32. The summed E-state index contributed by atoms with van der Waals surface area (Å²) in [7, 11) is 0. The Morgan fingerprint density at radius 3 is 2.63 bits per heavy atom. The monoisotopic (exact) mass is 407 g/mol. The number of phenolic OH excluding ortho intramolecular Hbond substituents is 1. The van der Waals surface area contributed by atoms with Gasteiger partial charge in [0.1, 0.15) is 0 Å². The van der Waals surface area contributed by atoms with Crippen LogP contribution in [0.4, 0.5) is 4.39 Å². The fourth-order valence-corrected chi connectivity index (χ4v) is 3.43. The van der Waals surface area contributed by atoms with E-state index < -0.39 is 5.82 Å². The number of hydrogen-bond donors (Lipinski definition) is 2. The van der Waals surface area contributed by atoms with Crippen molar-refractivity contribution in [2.24, 2.45) is 5.73 Å². The largest absolute Gasteiger partial charge is 0.505 e. The molecule has 0 aliphatic carbocycles. The topological polar surface area (TPSA) is 64.1 Å². The number of aromatic nitrogens is 2. The average Bonchev–Trinajstić information content (AvgIpc) is 3.02. The van der Waals surface area contributed by atoms with Gasteiger partial charge in [-0.15, -0.1) is 0 Å². The third kappa shape index (κ3) is 4.43. The number of nitrogens with two attached hydrogens (primary N) is 1. The molecule has 0 spiro atoms. The van der Waals surface area contributed by atoms with Crippen molar-refractivity contribution in [1.29, 1.82) is 0 Å². The van der Waals surface area contributed by atoms with E-state index in [1.165, 1.54) is 12.1 Å². The van der Waals surface area contributed by atoms with Crippen molar-refractivity contribution in [3.8, 4) is 11.4 Å². The van der Waals surface area contributed by atoms with Crippen LogP contribution >= 0.6 is 23.2 Å². The van der Waals surface area contributed by atoms with Crippen LogP contribution < -0.4 is 5.73 Å². The van der Waals surface area contributed by atoms with Gasteiger partial charge >= 0.3 is 0 Å². The average molecular weight is 408 g/mol. The predicted octanol–water partition coefficient (Wildman–Crippen LogP) is 5.41. The molecule has 0 saturated heterocycles. The minimum atomic E-state index is -0.661. The second-order valence-electron chi connectivity index (χ2n) is 6.43. The minimum absolute atomic E-state index is 0.197. The summed E-state index contributed by atoms with van der Waals surface area (Å²) in [5.41, 5.74) is 9.17. The first-order chi connectivity index (χ1) is 12.9. The summed E-state index contributed by atoms with van der Waals surface area (Å²) < 4.78 is 15.4. The van der Waals surface area contributed by atoms with Crippen molar-refractivity contribution < 1.29 is 9.50 Å². The van der Waals surface area contributed by atoms with Crippen LogP contribution in [0.5, 0.6) is 5.75 Å². The third-order valence-corrected chi connectivity index (χ3v) is 4.85. The predicted molar refractivity (Wildman–Crippen MR) is 106 cm³/mol. The molecule has 1 unspecified atom stereocenters. The van der Waals surface area contributed by atoms with Gasteiger partial charge in [-0.25, -0.2) is 9.07 Å². The normalized spacial score (nSPS) is 12.3. The number of phenols is 1. The van der Waals surface area contributed by atoms with Gasteiger partial charge in [0, 0.05) is 23.2 Å². The van der Waals surface area contributed by atoms with E-state index in [-0.39, 0.29) is 11.8 Å². The van der Waals surface area contributed by atoms with Gasteiger partial charge in [0.05, 0.1) is 16.4 Å².